The van der Waals surface area contributed by atoms with E-state index in [9.17, 15) is 9.59 Å². The molecular weight excluding hydrogens is 486 g/mol. The lowest BCUT2D eigenvalue weighted by Gasteiger charge is -2.18. The van der Waals surface area contributed by atoms with Crippen LogP contribution in [-0.2, 0) is 17.6 Å². The number of hydrogen-bond donors (Lipinski definition) is 1. The summed E-state index contributed by atoms with van der Waals surface area (Å²) in [5.74, 6) is 3.00. The second-order valence-corrected chi connectivity index (χ2v) is 9.96. The van der Waals surface area contributed by atoms with Crippen LogP contribution in [0.1, 0.15) is 55.1 Å². The zero-order valence-corrected chi connectivity index (χ0v) is 22.1. The van der Waals surface area contributed by atoms with E-state index < -0.39 is 5.25 Å². The molecule has 0 saturated carbocycles. The molecule has 194 valence electrons. The predicted molar refractivity (Wildman–Crippen MR) is 147 cm³/mol. The van der Waals surface area contributed by atoms with Crippen LogP contribution in [-0.4, -0.2) is 24.4 Å². The van der Waals surface area contributed by atoms with Gasteiger partial charge in [-0.15, -0.1) is 0 Å². The number of carbonyl (C=O) groups excluding carboxylic acids is 2. The second kappa shape index (κ2) is 13.2. The molecule has 1 saturated heterocycles. The van der Waals surface area contributed by atoms with E-state index in [1.807, 2.05) is 54.6 Å². The fraction of sp³-hybridized carbons (Fsp3) is 0.333. The Hall–Kier alpha value is -3.45. The van der Waals surface area contributed by atoms with Crippen LogP contribution < -0.4 is 19.5 Å². The summed E-state index contributed by atoms with van der Waals surface area (Å²) >= 11 is 0.993. The van der Waals surface area contributed by atoms with E-state index in [2.05, 4.69) is 31.3 Å². The molecule has 0 aromatic heterocycles. The Morgan fingerprint density at radius 3 is 2.11 bits per heavy atom. The highest BCUT2D eigenvalue weighted by atomic mass is 32.2. The Morgan fingerprint density at radius 1 is 0.784 bits per heavy atom. The number of benzene rings is 3. The number of carbonyl (C=O) groups is 2. The number of thioether (sulfide) groups is 1. The van der Waals surface area contributed by atoms with Crippen molar-refractivity contribution in [3.05, 3.63) is 83.4 Å². The van der Waals surface area contributed by atoms with Crippen LogP contribution in [0.2, 0.25) is 0 Å². The van der Waals surface area contributed by atoms with Crippen LogP contribution in [0.15, 0.2) is 66.7 Å². The average molecular weight is 520 g/mol. The first-order valence-electron chi connectivity index (χ1n) is 12.8. The Morgan fingerprint density at radius 2 is 1.46 bits per heavy atom. The molecule has 1 unspecified atom stereocenters. The number of hydrogen-bond acceptors (Lipinski definition) is 6. The van der Waals surface area contributed by atoms with Crippen molar-refractivity contribution in [1.82, 2.24) is 5.32 Å². The first kappa shape index (κ1) is 26.6. The maximum atomic E-state index is 12.0. The maximum absolute atomic E-state index is 12.0. The molecule has 3 aromatic carbocycles. The molecule has 1 aliphatic heterocycles. The smallest absolute Gasteiger partial charge is 0.286 e. The zero-order chi connectivity index (χ0) is 26.0. The number of rotatable bonds is 13. The van der Waals surface area contributed by atoms with Gasteiger partial charge in [-0.3, -0.25) is 14.9 Å². The van der Waals surface area contributed by atoms with E-state index in [-0.39, 0.29) is 11.1 Å². The van der Waals surface area contributed by atoms with Crippen LogP contribution >= 0.6 is 11.8 Å². The molecule has 1 atom stereocenters. The Balaban J connectivity index is 1.36. The molecule has 37 heavy (non-hydrogen) atoms. The molecule has 7 heteroatoms. The third-order valence-corrected chi connectivity index (χ3v) is 6.92. The highest BCUT2D eigenvalue weighted by molar-refractivity contribution is 8.15. The largest absolute Gasteiger partial charge is 0.493 e. The van der Waals surface area contributed by atoms with Crippen molar-refractivity contribution >= 4 is 22.9 Å². The minimum atomic E-state index is -0.526. The van der Waals surface area contributed by atoms with Gasteiger partial charge in [-0.05, 0) is 77.7 Å². The van der Waals surface area contributed by atoms with Crippen LogP contribution in [0.4, 0.5) is 4.79 Å². The van der Waals surface area contributed by atoms with Crippen molar-refractivity contribution in [3.63, 3.8) is 0 Å². The molecule has 1 heterocycles. The molecule has 0 radical (unpaired) electrons. The fourth-order valence-electron chi connectivity index (χ4n) is 4.27. The normalized spacial score (nSPS) is 14.9. The summed E-state index contributed by atoms with van der Waals surface area (Å²) in [6.07, 6.45) is 4.56. The van der Waals surface area contributed by atoms with Gasteiger partial charge >= 0.3 is 0 Å². The van der Waals surface area contributed by atoms with E-state index in [1.165, 1.54) is 0 Å². The van der Waals surface area contributed by atoms with Gasteiger partial charge in [0.1, 0.15) is 28.2 Å². The number of aryl methyl sites for hydroxylation is 2. The van der Waals surface area contributed by atoms with Gasteiger partial charge < -0.3 is 14.2 Å². The van der Waals surface area contributed by atoms with Crippen molar-refractivity contribution in [2.75, 3.05) is 13.2 Å². The molecular formula is C30H33NO5S. The molecule has 3 aromatic rings. The number of imide groups is 1. The zero-order valence-electron chi connectivity index (χ0n) is 21.3. The molecule has 1 fully saturated rings. The van der Waals surface area contributed by atoms with Crippen molar-refractivity contribution < 1.29 is 23.8 Å². The summed E-state index contributed by atoms with van der Waals surface area (Å²) < 4.78 is 18.4. The third kappa shape index (κ3) is 7.29. The van der Waals surface area contributed by atoms with Crippen LogP contribution in [0.5, 0.6) is 23.0 Å². The van der Waals surface area contributed by atoms with Gasteiger partial charge in [-0.1, -0.05) is 57.0 Å². The van der Waals surface area contributed by atoms with E-state index in [1.54, 1.807) is 0 Å². The van der Waals surface area contributed by atoms with E-state index in [0.29, 0.717) is 25.4 Å². The quantitative estimate of drug-likeness (QED) is 0.240. The van der Waals surface area contributed by atoms with Crippen LogP contribution in [0.25, 0.3) is 0 Å². The van der Waals surface area contributed by atoms with E-state index in [4.69, 9.17) is 14.2 Å². The monoisotopic (exact) mass is 519 g/mol. The number of nitrogens with one attached hydrogen (secondary N) is 1. The summed E-state index contributed by atoms with van der Waals surface area (Å²) in [6, 6.07) is 21.4. The lowest BCUT2D eigenvalue weighted by atomic mass is 10.0. The topological polar surface area (TPSA) is 73.9 Å². The Bertz CT molecular complexity index is 1190. The average Bonchev–Trinajstić information content (AvgIpc) is 3.24. The second-order valence-electron chi connectivity index (χ2n) is 8.88. The summed E-state index contributed by atoms with van der Waals surface area (Å²) in [5, 5.41) is 1.48. The van der Waals surface area contributed by atoms with Gasteiger partial charge in [0.05, 0.1) is 13.2 Å². The van der Waals surface area contributed by atoms with Crippen LogP contribution in [0.3, 0.4) is 0 Å². The standard InChI is InChI=1S/C30H33NO5S/c1-3-10-21-18-26(36-24-13-6-5-7-14-24)19-22(11-4-2)27(21)35-17-9-16-34-25-15-8-12-23(20-25)28-29(32)31-30(33)37-28/h5-8,12-15,18-20,28H,3-4,9-11,16-17H2,1-2H3,(H,31,32,33). The third-order valence-electron chi connectivity index (χ3n) is 5.89. The SMILES string of the molecule is CCCc1cc(Oc2ccccc2)cc(CCC)c1OCCCOc1cccc(C2SC(=O)NC2=O)c1. The van der Waals surface area contributed by atoms with Gasteiger partial charge in [0.25, 0.3) is 5.24 Å². The number of para-hydroxylation sites is 1. The molecule has 0 spiro atoms. The summed E-state index contributed by atoms with van der Waals surface area (Å²) in [5.41, 5.74) is 3.08. The Kier molecular flexibility index (Phi) is 9.49. The van der Waals surface area contributed by atoms with Gasteiger partial charge in [-0.2, -0.15) is 0 Å². The van der Waals surface area contributed by atoms with Gasteiger partial charge in [0, 0.05) is 6.42 Å². The van der Waals surface area contributed by atoms with Gasteiger partial charge in [-0.25, -0.2) is 0 Å². The highest BCUT2D eigenvalue weighted by Gasteiger charge is 2.33. The molecule has 6 nitrogen and oxygen atoms in total. The first-order chi connectivity index (χ1) is 18.1. The van der Waals surface area contributed by atoms with Crippen molar-refractivity contribution in [2.24, 2.45) is 0 Å². The maximum Gasteiger partial charge on any atom is 0.286 e. The molecule has 0 bridgehead atoms. The lowest BCUT2D eigenvalue weighted by molar-refractivity contribution is -0.119. The summed E-state index contributed by atoms with van der Waals surface area (Å²) in [6.45, 7) is 5.34. The minimum absolute atomic E-state index is 0.286. The predicted octanol–water partition coefficient (Wildman–Crippen LogP) is 7.26. The minimum Gasteiger partial charge on any atom is -0.493 e. The molecule has 1 N–H and O–H groups in total. The molecule has 4 rings (SSSR count). The number of ether oxygens (including phenoxy) is 3. The molecule has 0 aliphatic carbocycles. The number of amides is 2. The van der Waals surface area contributed by atoms with Crippen molar-refractivity contribution in [1.29, 1.82) is 0 Å². The summed E-state index contributed by atoms with van der Waals surface area (Å²) in [4.78, 5) is 23.5. The fourth-order valence-corrected chi connectivity index (χ4v) is 5.09. The first-order valence-corrected chi connectivity index (χ1v) is 13.7. The highest BCUT2D eigenvalue weighted by Crippen LogP contribution is 2.36. The molecule has 1 aliphatic rings. The van der Waals surface area contributed by atoms with Crippen LogP contribution in [0, 0.1) is 0 Å². The molecule has 2 amide bonds. The summed E-state index contributed by atoms with van der Waals surface area (Å²) in [7, 11) is 0. The van der Waals surface area contributed by atoms with Gasteiger partial charge in [0.15, 0.2) is 0 Å². The van der Waals surface area contributed by atoms with E-state index in [0.717, 1.165) is 71.4 Å². The van der Waals surface area contributed by atoms with E-state index >= 15 is 0 Å². The van der Waals surface area contributed by atoms with Crippen molar-refractivity contribution in [2.45, 2.75) is 51.2 Å². The van der Waals surface area contributed by atoms with Crippen molar-refractivity contribution in [3.8, 4) is 23.0 Å². The lowest BCUT2D eigenvalue weighted by Crippen LogP contribution is -2.20. The van der Waals surface area contributed by atoms with Gasteiger partial charge in [0.2, 0.25) is 5.91 Å². The Labute approximate surface area is 222 Å².